The first-order valence-corrected chi connectivity index (χ1v) is 5.84. The zero-order valence-electron chi connectivity index (χ0n) is 10.9. The summed E-state index contributed by atoms with van der Waals surface area (Å²) in [6.45, 7) is 0.443. The van der Waals surface area contributed by atoms with Crippen LogP contribution in [0.25, 0.3) is 0 Å². The lowest BCUT2D eigenvalue weighted by Gasteiger charge is -2.09. The summed E-state index contributed by atoms with van der Waals surface area (Å²) in [5.74, 6) is -0.659. The number of aromatic carboxylic acids is 1. The van der Waals surface area contributed by atoms with Crippen LogP contribution in [-0.4, -0.2) is 23.2 Å². The van der Waals surface area contributed by atoms with Crippen LogP contribution in [0.4, 0.5) is 5.69 Å². The van der Waals surface area contributed by atoms with Gasteiger partial charge in [0.2, 0.25) is 5.88 Å². The predicted molar refractivity (Wildman–Crippen MR) is 72.8 cm³/mol. The van der Waals surface area contributed by atoms with Crippen LogP contribution in [0.15, 0.2) is 36.5 Å². The van der Waals surface area contributed by atoms with E-state index in [1.54, 1.807) is 25.3 Å². The Morgan fingerprint density at radius 1 is 1.40 bits per heavy atom. The van der Waals surface area contributed by atoms with E-state index in [0.29, 0.717) is 12.4 Å². The van der Waals surface area contributed by atoms with Crippen molar-refractivity contribution < 1.29 is 19.4 Å². The Morgan fingerprint density at radius 3 is 2.90 bits per heavy atom. The first kappa shape index (κ1) is 13.8. The van der Waals surface area contributed by atoms with Crippen molar-refractivity contribution in [1.29, 1.82) is 0 Å². The Bertz CT molecular complexity index is 628. The number of benzene rings is 1. The van der Waals surface area contributed by atoms with Crippen LogP contribution in [0.3, 0.4) is 0 Å². The highest BCUT2D eigenvalue weighted by molar-refractivity contribution is 5.91. The Balaban J connectivity index is 2.30. The van der Waals surface area contributed by atoms with Crippen molar-refractivity contribution in [1.82, 2.24) is 4.98 Å². The van der Waals surface area contributed by atoms with E-state index in [1.807, 2.05) is 6.07 Å². The SMILES string of the molecule is COCc1cccc(Oc2ncc(N)cc2C(=O)O)c1. The standard InChI is InChI=1S/C14H14N2O4/c1-19-8-9-3-2-4-11(5-9)20-13-12(14(17)18)6-10(15)7-16-13/h2-7H,8,15H2,1H3,(H,17,18). The molecule has 0 amide bonds. The molecule has 104 valence electrons. The highest BCUT2D eigenvalue weighted by Crippen LogP contribution is 2.25. The van der Waals surface area contributed by atoms with Crippen molar-refractivity contribution in [3.8, 4) is 11.6 Å². The van der Waals surface area contributed by atoms with E-state index in [4.69, 9.17) is 20.3 Å². The average Bonchev–Trinajstić information content (AvgIpc) is 2.41. The Kier molecular flexibility index (Phi) is 4.17. The summed E-state index contributed by atoms with van der Waals surface area (Å²) in [5.41, 5.74) is 6.62. The second-order valence-electron chi connectivity index (χ2n) is 4.11. The molecule has 2 aromatic rings. The van der Waals surface area contributed by atoms with Gasteiger partial charge in [0, 0.05) is 7.11 Å². The molecule has 0 unspecified atom stereocenters. The third kappa shape index (κ3) is 3.24. The van der Waals surface area contributed by atoms with E-state index >= 15 is 0 Å². The molecular formula is C14H14N2O4. The number of nitrogen functional groups attached to an aromatic ring is 1. The number of anilines is 1. The molecule has 0 saturated carbocycles. The lowest BCUT2D eigenvalue weighted by molar-refractivity contribution is 0.0693. The summed E-state index contributed by atoms with van der Waals surface area (Å²) in [6.07, 6.45) is 1.35. The summed E-state index contributed by atoms with van der Waals surface area (Å²) >= 11 is 0. The molecule has 0 fully saturated rings. The van der Waals surface area contributed by atoms with E-state index in [2.05, 4.69) is 4.98 Å². The molecule has 6 nitrogen and oxygen atoms in total. The van der Waals surface area contributed by atoms with E-state index in [9.17, 15) is 4.79 Å². The molecule has 0 saturated heterocycles. The van der Waals surface area contributed by atoms with Gasteiger partial charge < -0.3 is 20.3 Å². The molecule has 0 spiro atoms. The van der Waals surface area contributed by atoms with Gasteiger partial charge in [-0.05, 0) is 23.8 Å². The second-order valence-corrected chi connectivity index (χ2v) is 4.11. The van der Waals surface area contributed by atoms with Gasteiger partial charge in [0.25, 0.3) is 0 Å². The summed E-state index contributed by atoms with van der Waals surface area (Å²) in [5, 5.41) is 9.11. The van der Waals surface area contributed by atoms with Gasteiger partial charge in [-0.2, -0.15) is 0 Å². The van der Waals surface area contributed by atoms with Crippen LogP contribution < -0.4 is 10.5 Å². The molecule has 1 aromatic carbocycles. The lowest BCUT2D eigenvalue weighted by atomic mass is 10.2. The van der Waals surface area contributed by atoms with Gasteiger partial charge in [-0.3, -0.25) is 0 Å². The number of methoxy groups -OCH3 is 1. The number of carboxylic acids is 1. The van der Waals surface area contributed by atoms with Crippen LogP contribution in [0.2, 0.25) is 0 Å². The van der Waals surface area contributed by atoms with Gasteiger partial charge in [0.05, 0.1) is 18.5 Å². The molecule has 0 radical (unpaired) electrons. The maximum atomic E-state index is 11.1. The van der Waals surface area contributed by atoms with Crippen molar-refractivity contribution in [3.05, 3.63) is 47.7 Å². The van der Waals surface area contributed by atoms with Crippen molar-refractivity contribution >= 4 is 11.7 Å². The van der Waals surface area contributed by atoms with Crippen molar-refractivity contribution in [2.45, 2.75) is 6.61 Å². The van der Waals surface area contributed by atoms with Gasteiger partial charge in [-0.25, -0.2) is 9.78 Å². The fourth-order valence-corrected chi connectivity index (χ4v) is 1.68. The number of ether oxygens (including phenoxy) is 2. The van der Waals surface area contributed by atoms with Gasteiger partial charge in [0.1, 0.15) is 11.3 Å². The summed E-state index contributed by atoms with van der Waals surface area (Å²) in [4.78, 5) is 15.0. The van der Waals surface area contributed by atoms with Crippen LogP contribution in [0.5, 0.6) is 11.6 Å². The highest BCUT2D eigenvalue weighted by atomic mass is 16.5. The molecule has 6 heteroatoms. The zero-order valence-corrected chi connectivity index (χ0v) is 10.9. The summed E-state index contributed by atoms with van der Waals surface area (Å²) in [6, 6.07) is 8.45. The molecule has 1 heterocycles. The molecule has 3 N–H and O–H groups in total. The number of carboxylic acid groups (broad SMARTS) is 1. The van der Waals surface area contributed by atoms with Gasteiger partial charge in [-0.1, -0.05) is 12.1 Å². The normalized spacial score (nSPS) is 10.2. The Hall–Kier alpha value is -2.60. The highest BCUT2D eigenvalue weighted by Gasteiger charge is 2.14. The number of rotatable bonds is 5. The van der Waals surface area contributed by atoms with E-state index < -0.39 is 5.97 Å². The molecule has 20 heavy (non-hydrogen) atoms. The number of carbonyl (C=O) groups is 1. The predicted octanol–water partition coefficient (Wildman–Crippen LogP) is 2.30. The summed E-state index contributed by atoms with van der Waals surface area (Å²) < 4.78 is 10.5. The minimum Gasteiger partial charge on any atom is -0.477 e. The fraction of sp³-hybridized carbons (Fsp3) is 0.143. The van der Waals surface area contributed by atoms with E-state index in [0.717, 1.165) is 5.56 Å². The molecule has 0 bridgehead atoms. The number of pyridine rings is 1. The number of nitrogens with two attached hydrogens (primary N) is 1. The number of hydrogen-bond donors (Lipinski definition) is 2. The number of hydrogen-bond acceptors (Lipinski definition) is 5. The summed E-state index contributed by atoms with van der Waals surface area (Å²) in [7, 11) is 1.59. The van der Waals surface area contributed by atoms with Crippen molar-refractivity contribution in [3.63, 3.8) is 0 Å². The Morgan fingerprint density at radius 2 is 2.20 bits per heavy atom. The van der Waals surface area contributed by atoms with Gasteiger partial charge in [0.15, 0.2) is 0 Å². The van der Waals surface area contributed by atoms with Crippen LogP contribution in [-0.2, 0) is 11.3 Å². The minimum absolute atomic E-state index is 0.00117. The number of aromatic nitrogens is 1. The van der Waals surface area contributed by atoms with Crippen LogP contribution in [0.1, 0.15) is 15.9 Å². The monoisotopic (exact) mass is 274 g/mol. The van der Waals surface area contributed by atoms with E-state index in [-0.39, 0.29) is 17.1 Å². The van der Waals surface area contributed by atoms with Crippen LogP contribution >= 0.6 is 0 Å². The van der Waals surface area contributed by atoms with Crippen molar-refractivity contribution in [2.75, 3.05) is 12.8 Å². The molecule has 0 aliphatic carbocycles. The quantitative estimate of drug-likeness (QED) is 0.868. The molecule has 0 aliphatic rings. The average molecular weight is 274 g/mol. The largest absolute Gasteiger partial charge is 0.477 e. The topological polar surface area (TPSA) is 94.7 Å². The maximum Gasteiger partial charge on any atom is 0.341 e. The first-order chi connectivity index (χ1) is 9.60. The lowest BCUT2D eigenvalue weighted by Crippen LogP contribution is -2.03. The Labute approximate surface area is 115 Å². The maximum absolute atomic E-state index is 11.1. The fourth-order valence-electron chi connectivity index (χ4n) is 1.68. The first-order valence-electron chi connectivity index (χ1n) is 5.84. The molecule has 1 aromatic heterocycles. The zero-order chi connectivity index (χ0) is 14.5. The number of nitrogens with zero attached hydrogens (tertiary/aromatic N) is 1. The third-order valence-corrected chi connectivity index (χ3v) is 2.53. The van der Waals surface area contributed by atoms with Gasteiger partial charge >= 0.3 is 5.97 Å². The molecule has 2 rings (SSSR count). The third-order valence-electron chi connectivity index (χ3n) is 2.53. The molecule has 0 aliphatic heterocycles. The van der Waals surface area contributed by atoms with E-state index in [1.165, 1.54) is 12.3 Å². The van der Waals surface area contributed by atoms with Crippen molar-refractivity contribution in [2.24, 2.45) is 0 Å². The second kappa shape index (κ2) is 6.03. The smallest absolute Gasteiger partial charge is 0.341 e. The minimum atomic E-state index is -1.15. The van der Waals surface area contributed by atoms with Gasteiger partial charge in [-0.15, -0.1) is 0 Å². The molecule has 0 atom stereocenters. The molecular weight excluding hydrogens is 260 g/mol. The van der Waals surface area contributed by atoms with Crippen LogP contribution in [0, 0.1) is 0 Å².